The molecule has 1 atom stereocenters. The van der Waals surface area contributed by atoms with Crippen LogP contribution in [0.3, 0.4) is 0 Å². The highest BCUT2D eigenvalue weighted by atomic mass is 19.1. The summed E-state index contributed by atoms with van der Waals surface area (Å²) < 4.78 is 18.7. The second kappa shape index (κ2) is 10.5. The predicted octanol–water partition coefficient (Wildman–Crippen LogP) is 4.71. The summed E-state index contributed by atoms with van der Waals surface area (Å²) in [7, 11) is 0. The molecule has 0 aliphatic carbocycles. The molecule has 6 heteroatoms. The summed E-state index contributed by atoms with van der Waals surface area (Å²) in [4.78, 5) is 19.4. The van der Waals surface area contributed by atoms with Crippen molar-refractivity contribution in [2.24, 2.45) is 0 Å². The molecular formula is C24H26FN3O2. The lowest BCUT2D eigenvalue weighted by Gasteiger charge is -2.29. The molecule has 156 valence electrons. The van der Waals surface area contributed by atoms with E-state index in [2.05, 4.69) is 29.0 Å². The Labute approximate surface area is 176 Å². The number of aromatic nitrogens is 1. The zero-order chi connectivity index (χ0) is 21.3. The molecule has 2 aromatic carbocycles. The van der Waals surface area contributed by atoms with E-state index in [-0.39, 0.29) is 17.8 Å². The van der Waals surface area contributed by atoms with E-state index in [1.807, 2.05) is 36.4 Å². The molecule has 0 radical (unpaired) electrons. The van der Waals surface area contributed by atoms with E-state index in [0.717, 1.165) is 24.2 Å². The van der Waals surface area contributed by atoms with Crippen LogP contribution in [-0.2, 0) is 11.3 Å². The number of carbonyl (C=O) groups excluding carboxylic acids is 1. The summed E-state index contributed by atoms with van der Waals surface area (Å²) >= 11 is 0. The molecule has 1 aromatic heterocycles. The number of ether oxygens (including phenoxy) is 1. The van der Waals surface area contributed by atoms with Crippen molar-refractivity contribution in [2.45, 2.75) is 26.4 Å². The van der Waals surface area contributed by atoms with Gasteiger partial charge in [-0.05, 0) is 54.5 Å². The van der Waals surface area contributed by atoms with Crippen molar-refractivity contribution in [1.82, 2.24) is 15.2 Å². The fourth-order valence-corrected chi connectivity index (χ4v) is 3.28. The summed E-state index contributed by atoms with van der Waals surface area (Å²) in [5.41, 5.74) is 1.83. The molecule has 5 nitrogen and oxygen atoms in total. The summed E-state index contributed by atoms with van der Waals surface area (Å²) in [5.74, 6) is 0.503. The lowest BCUT2D eigenvalue weighted by Crippen LogP contribution is -2.40. The third-order valence-electron chi connectivity index (χ3n) is 4.84. The van der Waals surface area contributed by atoms with E-state index in [0.29, 0.717) is 18.2 Å². The highest BCUT2D eigenvalue weighted by Crippen LogP contribution is 2.22. The Hall–Kier alpha value is -3.25. The van der Waals surface area contributed by atoms with Crippen molar-refractivity contribution >= 4 is 5.91 Å². The van der Waals surface area contributed by atoms with Crippen LogP contribution in [0.15, 0.2) is 72.9 Å². The quantitative estimate of drug-likeness (QED) is 0.558. The number of pyridine rings is 1. The Morgan fingerprint density at radius 1 is 1.07 bits per heavy atom. The molecular weight excluding hydrogens is 381 g/mol. The fourth-order valence-electron chi connectivity index (χ4n) is 3.28. The molecule has 1 unspecified atom stereocenters. The molecule has 1 amide bonds. The monoisotopic (exact) mass is 407 g/mol. The third-order valence-corrected chi connectivity index (χ3v) is 4.84. The number of likely N-dealkylation sites (N-methyl/N-ethyl adjacent to an activating group) is 1. The average Bonchev–Trinajstić information content (AvgIpc) is 2.78. The first-order chi connectivity index (χ1) is 14.6. The maximum absolute atomic E-state index is 13.0. The standard InChI is InChI=1S/C24H26FN3O2/c1-3-28(4-2)23(19-8-6-5-7-9-19)24(29)27-17-18-14-15-26-22(16-18)30-21-12-10-20(25)11-13-21/h5-16,23H,3-4,17H2,1-2H3,(H,27,29). The summed E-state index contributed by atoms with van der Waals surface area (Å²) in [6.45, 7) is 6.00. The van der Waals surface area contributed by atoms with Gasteiger partial charge < -0.3 is 10.1 Å². The van der Waals surface area contributed by atoms with Crippen LogP contribution in [0.1, 0.15) is 31.0 Å². The van der Waals surface area contributed by atoms with Gasteiger partial charge in [-0.15, -0.1) is 0 Å². The molecule has 0 bridgehead atoms. The van der Waals surface area contributed by atoms with Gasteiger partial charge in [0, 0.05) is 18.8 Å². The maximum Gasteiger partial charge on any atom is 0.242 e. The molecule has 1 heterocycles. The number of rotatable bonds is 9. The number of nitrogens with one attached hydrogen (secondary N) is 1. The van der Waals surface area contributed by atoms with Gasteiger partial charge in [0.2, 0.25) is 11.8 Å². The average molecular weight is 407 g/mol. The lowest BCUT2D eigenvalue weighted by atomic mass is 10.0. The molecule has 3 rings (SSSR count). The highest BCUT2D eigenvalue weighted by Gasteiger charge is 2.25. The first kappa shape index (κ1) is 21.5. The Balaban J connectivity index is 1.68. The molecule has 0 spiro atoms. The van der Waals surface area contributed by atoms with Gasteiger partial charge >= 0.3 is 0 Å². The van der Waals surface area contributed by atoms with Gasteiger partial charge in [-0.25, -0.2) is 9.37 Å². The van der Waals surface area contributed by atoms with Crippen LogP contribution >= 0.6 is 0 Å². The molecule has 0 aliphatic rings. The van der Waals surface area contributed by atoms with E-state index in [1.54, 1.807) is 24.4 Å². The van der Waals surface area contributed by atoms with E-state index in [9.17, 15) is 9.18 Å². The SMILES string of the molecule is CCN(CC)C(C(=O)NCc1ccnc(Oc2ccc(F)cc2)c1)c1ccccc1. The molecule has 30 heavy (non-hydrogen) atoms. The molecule has 1 N–H and O–H groups in total. The van der Waals surface area contributed by atoms with Crippen molar-refractivity contribution in [3.63, 3.8) is 0 Å². The summed E-state index contributed by atoms with van der Waals surface area (Å²) in [6, 6.07) is 18.8. The summed E-state index contributed by atoms with van der Waals surface area (Å²) in [6.07, 6.45) is 1.62. The number of carbonyl (C=O) groups is 1. The van der Waals surface area contributed by atoms with Crippen molar-refractivity contribution in [3.05, 3.63) is 89.9 Å². The number of hydrogen-bond acceptors (Lipinski definition) is 4. The molecule has 0 fully saturated rings. The number of amides is 1. The smallest absolute Gasteiger partial charge is 0.242 e. The summed E-state index contributed by atoms with van der Waals surface area (Å²) in [5, 5.41) is 3.03. The number of benzene rings is 2. The Bertz CT molecular complexity index is 944. The predicted molar refractivity (Wildman–Crippen MR) is 115 cm³/mol. The number of nitrogens with zero attached hydrogens (tertiary/aromatic N) is 2. The highest BCUT2D eigenvalue weighted by molar-refractivity contribution is 5.83. The molecule has 3 aromatic rings. The minimum absolute atomic E-state index is 0.0530. The van der Waals surface area contributed by atoms with Crippen molar-refractivity contribution in [2.75, 3.05) is 13.1 Å². The zero-order valence-corrected chi connectivity index (χ0v) is 17.2. The van der Waals surface area contributed by atoms with Crippen LogP contribution < -0.4 is 10.1 Å². The van der Waals surface area contributed by atoms with Crippen molar-refractivity contribution in [1.29, 1.82) is 0 Å². The van der Waals surface area contributed by atoms with Gasteiger partial charge in [-0.1, -0.05) is 44.2 Å². The van der Waals surface area contributed by atoms with Crippen molar-refractivity contribution < 1.29 is 13.9 Å². The van der Waals surface area contributed by atoms with Gasteiger partial charge in [-0.2, -0.15) is 0 Å². The van der Waals surface area contributed by atoms with Crippen LogP contribution in [0.5, 0.6) is 11.6 Å². The Morgan fingerprint density at radius 3 is 2.43 bits per heavy atom. The first-order valence-corrected chi connectivity index (χ1v) is 10.1. The third kappa shape index (κ3) is 5.64. The number of hydrogen-bond donors (Lipinski definition) is 1. The topological polar surface area (TPSA) is 54.5 Å². The van der Waals surface area contributed by atoms with Gasteiger partial charge in [0.1, 0.15) is 17.6 Å². The molecule has 0 saturated heterocycles. The van der Waals surface area contributed by atoms with Crippen LogP contribution in [0, 0.1) is 5.82 Å². The van der Waals surface area contributed by atoms with Crippen LogP contribution in [-0.4, -0.2) is 28.9 Å². The fraction of sp³-hybridized carbons (Fsp3) is 0.250. The first-order valence-electron chi connectivity index (χ1n) is 10.1. The van der Waals surface area contributed by atoms with Crippen molar-refractivity contribution in [3.8, 4) is 11.6 Å². The molecule has 0 saturated carbocycles. The van der Waals surface area contributed by atoms with E-state index < -0.39 is 0 Å². The molecule has 0 aliphatic heterocycles. The Kier molecular flexibility index (Phi) is 7.51. The van der Waals surface area contributed by atoms with E-state index >= 15 is 0 Å². The maximum atomic E-state index is 13.0. The lowest BCUT2D eigenvalue weighted by molar-refractivity contribution is -0.126. The largest absolute Gasteiger partial charge is 0.439 e. The second-order valence-corrected chi connectivity index (χ2v) is 6.81. The van der Waals surface area contributed by atoms with Crippen LogP contribution in [0.25, 0.3) is 0 Å². The Morgan fingerprint density at radius 2 is 1.77 bits per heavy atom. The van der Waals surface area contributed by atoms with Crippen LogP contribution in [0.4, 0.5) is 4.39 Å². The van der Waals surface area contributed by atoms with E-state index in [4.69, 9.17) is 4.74 Å². The normalized spacial score (nSPS) is 11.9. The van der Waals surface area contributed by atoms with Crippen LogP contribution in [0.2, 0.25) is 0 Å². The minimum Gasteiger partial charge on any atom is -0.439 e. The van der Waals surface area contributed by atoms with Gasteiger partial charge in [-0.3, -0.25) is 9.69 Å². The van der Waals surface area contributed by atoms with Gasteiger partial charge in [0.05, 0.1) is 0 Å². The van der Waals surface area contributed by atoms with Gasteiger partial charge in [0.25, 0.3) is 0 Å². The van der Waals surface area contributed by atoms with Gasteiger partial charge in [0.15, 0.2) is 0 Å². The minimum atomic E-state index is -0.349. The zero-order valence-electron chi connectivity index (χ0n) is 17.2. The second-order valence-electron chi connectivity index (χ2n) is 6.81. The number of halogens is 1. The van der Waals surface area contributed by atoms with E-state index in [1.165, 1.54) is 12.1 Å².